The molecule has 2 aromatic rings. The maximum Gasteiger partial charge on any atom is 0.454 e. The molecule has 0 aromatic heterocycles. The lowest BCUT2D eigenvalue weighted by Crippen LogP contribution is -2.34. The van der Waals surface area contributed by atoms with Crippen molar-refractivity contribution in [2.45, 2.75) is 22.1 Å². The Kier molecular flexibility index (Phi) is 6.06. The molecule has 6 nitrogen and oxygen atoms in total. The molecule has 0 radical (unpaired) electrons. The number of ether oxygens (including phenoxy) is 2. The highest BCUT2D eigenvalue weighted by Gasteiger charge is 2.48. The Hall–Kier alpha value is -3.39. The number of alkyl halides is 6. The van der Waals surface area contributed by atoms with Gasteiger partial charge in [0, 0.05) is 6.08 Å². The Balaban J connectivity index is 1.71. The molecular formula is C23H14F6N2O4S2. The van der Waals surface area contributed by atoms with Crippen molar-refractivity contribution in [3.8, 4) is 11.5 Å². The van der Waals surface area contributed by atoms with Crippen molar-refractivity contribution in [3.63, 3.8) is 0 Å². The molecule has 0 fully saturated rings. The molecule has 2 aromatic carbocycles. The standard InChI is InChI=1S/C23H14F6N2O4S2/c1-33-14-7-3-5-12-19(14)36-17(10-16(32)23(27,28)29)30(12)21-11(22(24,25)26)9-18-31(35-21)13-6-4-8-15(34-2)20(13)37-18/h3-10H,1-2H3/b17-10+. The zero-order valence-electron chi connectivity index (χ0n) is 18.7. The number of benzene rings is 2. The zero-order valence-corrected chi connectivity index (χ0v) is 20.4. The first kappa shape index (κ1) is 25.3. The second kappa shape index (κ2) is 8.87. The van der Waals surface area contributed by atoms with E-state index in [0.29, 0.717) is 28.1 Å². The van der Waals surface area contributed by atoms with E-state index in [1.54, 1.807) is 18.2 Å². The molecule has 0 N–H and O–H groups in total. The van der Waals surface area contributed by atoms with Crippen molar-refractivity contribution in [2.24, 2.45) is 0 Å². The Morgan fingerprint density at radius 3 is 2.08 bits per heavy atom. The number of nitrogens with zero attached hydrogens (tertiary/aromatic N) is 2. The van der Waals surface area contributed by atoms with Gasteiger partial charge in [0.05, 0.1) is 40.4 Å². The average molecular weight is 560 g/mol. The normalized spacial score (nSPS) is 17.8. The monoisotopic (exact) mass is 560 g/mol. The third-order valence-corrected chi connectivity index (χ3v) is 7.60. The van der Waals surface area contributed by atoms with E-state index in [0.717, 1.165) is 27.8 Å². The number of allylic oxidation sites excluding steroid dienone is 3. The number of carbonyl (C=O) groups excluding carboxylic acids is 1. The number of anilines is 2. The van der Waals surface area contributed by atoms with Crippen molar-refractivity contribution >= 4 is 40.7 Å². The van der Waals surface area contributed by atoms with Crippen LogP contribution in [0.15, 0.2) is 79.9 Å². The van der Waals surface area contributed by atoms with Gasteiger partial charge < -0.3 is 14.3 Å². The second-order valence-electron chi connectivity index (χ2n) is 7.59. The first-order chi connectivity index (χ1) is 17.4. The summed E-state index contributed by atoms with van der Waals surface area (Å²) in [6.07, 6.45) is -9.11. The number of carbonyl (C=O) groups is 1. The molecule has 5 rings (SSSR count). The van der Waals surface area contributed by atoms with Crippen LogP contribution in [-0.2, 0) is 9.63 Å². The number of thioether (sulfide) groups is 2. The van der Waals surface area contributed by atoms with Crippen LogP contribution in [0.3, 0.4) is 0 Å². The Labute approximate surface area is 214 Å². The van der Waals surface area contributed by atoms with Gasteiger partial charge in [-0.05, 0) is 30.3 Å². The van der Waals surface area contributed by atoms with Crippen molar-refractivity contribution in [3.05, 3.63) is 70.1 Å². The Bertz CT molecular complexity index is 1400. The van der Waals surface area contributed by atoms with Gasteiger partial charge in [0.2, 0.25) is 5.88 Å². The van der Waals surface area contributed by atoms with Crippen LogP contribution in [-0.4, -0.2) is 32.4 Å². The molecule has 3 aliphatic rings. The van der Waals surface area contributed by atoms with E-state index >= 15 is 0 Å². The van der Waals surface area contributed by atoms with Crippen LogP contribution in [0.4, 0.5) is 37.7 Å². The third-order valence-electron chi connectivity index (χ3n) is 5.37. The number of halogens is 6. The molecular weight excluding hydrogens is 546 g/mol. The number of hydrogen-bond donors (Lipinski definition) is 0. The summed E-state index contributed by atoms with van der Waals surface area (Å²) in [5.41, 5.74) is -0.819. The second-order valence-corrected chi connectivity index (χ2v) is 9.65. The fourth-order valence-corrected chi connectivity index (χ4v) is 6.05. The number of fused-ring (bicyclic) bond motifs is 4. The van der Waals surface area contributed by atoms with E-state index in [-0.39, 0.29) is 27.4 Å². The minimum Gasteiger partial charge on any atom is -0.495 e. The quantitative estimate of drug-likeness (QED) is 0.300. The molecule has 0 spiro atoms. The smallest absolute Gasteiger partial charge is 0.454 e. The molecule has 0 saturated heterocycles. The summed E-state index contributed by atoms with van der Waals surface area (Å²) >= 11 is 1.64. The summed E-state index contributed by atoms with van der Waals surface area (Å²) in [5.74, 6) is -2.46. The van der Waals surface area contributed by atoms with E-state index in [1.807, 2.05) is 0 Å². The maximum absolute atomic E-state index is 14.3. The van der Waals surface area contributed by atoms with Crippen LogP contribution in [0.1, 0.15) is 0 Å². The molecule has 0 amide bonds. The molecule has 0 aliphatic carbocycles. The van der Waals surface area contributed by atoms with E-state index in [1.165, 1.54) is 32.4 Å². The maximum atomic E-state index is 14.3. The van der Waals surface area contributed by atoms with Crippen LogP contribution in [0, 0.1) is 0 Å². The van der Waals surface area contributed by atoms with Crippen molar-refractivity contribution in [1.82, 2.24) is 0 Å². The van der Waals surface area contributed by atoms with Gasteiger partial charge in [-0.1, -0.05) is 35.7 Å². The van der Waals surface area contributed by atoms with Gasteiger partial charge in [0.25, 0.3) is 5.78 Å². The summed E-state index contributed by atoms with van der Waals surface area (Å²) in [6.45, 7) is 0. The highest BCUT2D eigenvalue weighted by atomic mass is 32.2. The predicted molar refractivity (Wildman–Crippen MR) is 124 cm³/mol. The molecule has 0 atom stereocenters. The van der Waals surface area contributed by atoms with Gasteiger partial charge in [-0.15, -0.1) is 0 Å². The summed E-state index contributed by atoms with van der Waals surface area (Å²) in [7, 11) is 2.72. The minimum absolute atomic E-state index is 0.0527. The van der Waals surface area contributed by atoms with Gasteiger partial charge in [0.1, 0.15) is 22.1 Å². The summed E-state index contributed by atoms with van der Waals surface area (Å²) in [4.78, 5) is 19.2. The lowest BCUT2D eigenvalue weighted by molar-refractivity contribution is -0.165. The van der Waals surface area contributed by atoms with Gasteiger partial charge in [-0.2, -0.15) is 31.4 Å². The molecule has 3 heterocycles. The molecule has 3 aliphatic heterocycles. The molecule has 0 bridgehead atoms. The first-order valence-corrected chi connectivity index (χ1v) is 11.9. The van der Waals surface area contributed by atoms with E-state index in [2.05, 4.69) is 0 Å². The van der Waals surface area contributed by atoms with Gasteiger partial charge >= 0.3 is 12.4 Å². The largest absolute Gasteiger partial charge is 0.495 e. The number of hydroxylamine groups is 1. The molecule has 14 heteroatoms. The SMILES string of the molecule is COc1cccc2c1SC1=CC(C(F)(F)F)=C(N3/C(=C\C(=O)C(F)(F)F)Sc4c(OC)cccc43)ON12. The highest BCUT2D eigenvalue weighted by Crippen LogP contribution is 2.57. The minimum atomic E-state index is -5.24. The number of methoxy groups -OCH3 is 2. The number of hydrogen-bond acceptors (Lipinski definition) is 8. The summed E-state index contributed by atoms with van der Waals surface area (Å²) in [5, 5.41) is 0.775. The lowest BCUT2D eigenvalue weighted by atomic mass is 10.2. The van der Waals surface area contributed by atoms with Crippen molar-refractivity contribution < 1.29 is 45.4 Å². The molecule has 0 saturated carbocycles. The molecule has 0 unspecified atom stereocenters. The van der Waals surface area contributed by atoms with Crippen LogP contribution in [0.25, 0.3) is 0 Å². The Morgan fingerprint density at radius 2 is 1.51 bits per heavy atom. The first-order valence-electron chi connectivity index (χ1n) is 10.3. The van der Waals surface area contributed by atoms with Crippen LogP contribution in [0.5, 0.6) is 11.5 Å². The topological polar surface area (TPSA) is 51.2 Å². The number of ketones is 1. The zero-order chi connectivity index (χ0) is 26.7. The Morgan fingerprint density at radius 1 is 0.919 bits per heavy atom. The van der Waals surface area contributed by atoms with Crippen molar-refractivity contribution in [2.75, 3.05) is 24.2 Å². The fourth-order valence-electron chi connectivity index (χ4n) is 3.77. The summed E-state index contributed by atoms with van der Waals surface area (Å²) < 4.78 is 92.9. The number of rotatable bonds is 4. The van der Waals surface area contributed by atoms with Gasteiger partial charge in [-0.3, -0.25) is 9.69 Å². The van der Waals surface area contributed by atoms with Crippen LogP contribution < -0.4 is 19.4 Å². The lowest BCUT2D eigenvalue weighted by Gasteiger charge is -2.33. The summed E-state index contributed by atoms with van der Waals surface area (Å²) in [6, 6.07) is 9.20. The van der Waals surface area contributed by atoms with E-state index in [9.17, 15) is 31.1 Å². The predicted octanol–water partition coefficient (Wildman–Crippen LogP) is 6.76. The van der Waals surface area contributed by atoms with E-state index < -0.39 is 34.6 Å². The van der Waals surface area contributed by atoms with Crippen LogP contribution in [0.2, 0.25) is 0 Å². The molecule has 194 valence electrons. The van der Waals surface area contributed by atoms with Gasteiger partial charge in [-0.25, -0.2) is 0 Å². The van der Waals surface area contributed by atoms with Crippen LogP contribution >= 0.6 is 23.5 Å². The van der Waals surface area contributed by atoms with Gasteiger partial charge in [0.15, 0.2) is 0 Å². The molecule has 37 heavy (non-hydrogen) atoms. The average Bonchev–Trinajstić information content (AvgIpc) is 3.39. The highest BCUT2D eigenvalue weighted by molar-refractivity contribution is 8.04. The fraction of sp³-hybridized carbons (Fsp3) is 0.174. The third kappa shape index (κ3) is 4.27. The van der Waals surface area contributed by atoms with E-state index in [4.69, 9.17) is 14.3 Å². The van der Waals surface area contributed by atoms with Crippen molar-refractivity contribution in [1.29, 1.82) is 0 Å².